The molecule has 3 nitrogen and oxygen atoms in total. The quantitative estimate of drug-likeness (QED) is 0.772. The molecule has 0 spiro atoms. The minimum atomic E-state index is 0.135. The first-order chi connectivity index (χ1) is 7.08. The third-order valence-corrected chi connectivity index (χ3v) is 3.65. The van der Waals surface area contributed by atoms with Crippen LogP contribution in [0.1, 0.15) is 25.6 Å². The topological polar surface area (TPSA) is 25.4 Å². The van der Waals surface area contributed by atoms with Gasteiger partial charge in [-0.2, -0.15) is 0 Å². The van der Waals surface area contributed by atoms with E-state index in [9.17, 15) is 0 Å². The average molecular weight is 226 g/mol. The number of ether oxygens (including phenoxy) is 1. The van der Waals surface area contributed by atoms with Gasteiger partial charge in [-0.25, -0.2) is 0 Å². The second-order valence-electron chi connectivity index (χ2n) is 4.78. The van der Waals surface area contributed by atoms with Crippen molar-refractivity contribution in [3.63, 3.8) is 0 Å². The molecule has 1 aromatic heterocycles. The molecule has 0 aromatic carbocycles. The van der Waals surface area contributed by atoms with Crippen LogP contribution in [0.5, 0.6) is 0 Å². The van der Waals surface area contributed by atoms with Gasteiger partial charge in [0, 0.05) is 29.7 Å². The molecule has 15 heavy (non-hydrogen) atoms. The summed E-state index contributed by atoms with van der Waals surface area (Å²) in [5.74, 6) is 0. The minimum absolute atomic E-state index is 0.135. The van der Waals surface area contributed by atoms with E-state index in [2.05, 4.69) is 30.7 Å². The lowest BCUT2D eigenvalue weighted by Gasteiger charge is -2.44. The minimum Gasteiger partial charge on any atom is -0.375 e. The Labute approximate surface area is 95.1 Å². The van der Waals surface area contributed by atoms with Gasteiger partial charge in [0.1, 0.15) is 0 Å². The number of hydrogen-bond acceptors (Lipinski definition) is 4. The lowest BCUT2D eigenvalue weighted by molar-refractivity contribution is -0.0946. The van der Waals surface area contributed by atoms with E-state index in [-0.39, 0.29) is 5.54 Å². The van der Waals surface area contributed by atoms with Gasteiger partial charge in [-0.15, -0.1) is 11.3 Å². The molecule has 1 aliphatic heterocycles. The van der Waals surface area contributed by atoms with E-state index in [1.54, 1.807) is 11.3 Å². The number of thiazole rings is 1. The van der Waals surface area contributed by atoms with Crippen molar-refractivity contribution in [3.8, 4) is 0 Å². The highest BCUT2D eigenvalue weighted by Crippen LogP contribution is 2.24. The lowest BCUT2D eigenvalue weighted by Crippen LogP contribution is -2.54. The van der Waals surface area contributed by atoms with Gasteiger partial charge in [0.2, 0.25) is 0 Å². The summed E-state index contributed by atoms with van der Waals surface area (Å²) in [5, 5.41) is 0. The fourth-order valence-electron chi connectivity index (χ4n) is 1.83. The normalized spacial score (nSPS) is 26.7. The molecule has 0 amide bonds. The van der Waals surface area contributed by atoms with Crippen LogP contribution in [0, 0.1) is 0 Å². The number of hydrogen-bond donors (Lipinski definition) is 0. The molecule has 1 aromatic rings. The first-order valence-electron chi connectivity index (χ1n) is 5.32. The molecule has 4 heteroatoms. The van der Waals surface area contributed by atoms with Crippen molar-refractivity contribution >= 4 is 11.3 Å². The summed E-state index contributed by atoms with van der Waals surface area (Å²) in [6.07, 6.45) is 2.30. The Morgan fingerprint density at radius 1 is 1.67 bits per heavy atom. The highest BCUT2D eigenvalue weighted by Gasteiger charge is 2.33. The molecule has 0 N–H and O–H groups in total. The molecule has 84 valence electrons. The Bertz CT molecular complexity index is 310. The summed E-state index contributed by atoms with van der Waals surface area (Å²) in [6.45, 7) is 9.41. The fraction of sp³-hybridized carbons (Fsp3) is 0.727. The molecule has 1 aliphatic rings. The molecule has 2 rings (SSSR count). The van der Waals surface area contributed by atoms with Crippen molar-refractivity contribution in [1.29, 1.82) is 0 Å². The molecule has 0 unspecified atom stereocenters. The molecule has 0 aliphatic carbocycles. The van der Waals surface area contributed by atoms with Crippen LogP contribution in [-0.4, -0.2) is 34.7 Å². The van der Waals surface area contributed by atoms with E-state index in [0.717, 1.165) is 19.7 Å². The zero-order chi connectivity index (χ0) is 10.9. The Balaban J connectivity index is 2.05. The third kappa shape index (κ3) is 2.56. The van der Waals surface area contributed by atoms with Crippen molar-refractivity contribution in [2.45, 2.75) is 39.0 Å². The summed E-state index contributed by atoms with van der Waals surface area (Å²) >= 11 is 1.72. The second kappa shape index (κ2) is 4.20. The summed E-state index contributed by atoms with van der Waals surface area (Å²) in [5.41, 5.74) is 2.03. The van der Waals surface area contributed by atoms with Crippen molar-refractivity contribution in [2.75, 3.05) is 13.2 Å². The highest BCUT2D eigenvalue weighted by atomic mass is 32.1. The average Bonchev–Trinajstić information content (AvgIpc) is 2.65. The van der Waals surface area contributed by atoms with Gasteiger partial charge in [-0.1, -0.05) is 0 Å². The molecule has 2 heterocycles. The van der Waals surface area contributed by atoms with Crippen LogP contribution in [0.25, 0.3) is 0 Å². The summed E-state index contributed by atoms with van der Waals surface area (Å²) in [6, 6.07) is 0. The lowest BCUT2D eigenvalue weighted by atomic mass is 10.0. The van der Waals surface area contributed by atoms with Gasteiger partial charge < -0.3 is 4.74 Å². The zero-order valence-electron chi connectivity index (χ0n) is 9.56. The van der Waals surface area contributed by atoms with Crippen LogP contribution in [0.4, 0.5) is 0 Å². The molecule has 0 bridgehead atoms. The monoisotopic (exact) mass is 226 g/mol. The molecular formula is C11H18N2OS. The van der Waals surface area contributed by atoms with Crippen LogP contribution >= 0.6 is 11.3 Å². The van der Waals surface area contributed by atoms with E-state index in [0.29, 0.717) is 6.10 Å². The Hall–Kier alpha value is -0.450. The predicted octanol–water partition coefficient (Wildman–Crippen LogP) is 2.14. The van der Waals surface area contributed by atoms with Gasteiger partial charge in [0.15, 0.2) is 0 Å². The molecule has 0 radical (unpaired) electrons. The largest absolute Gasteiger partial charge is 0.375 e. The summed E-state index contributed by atoms with van der Waals surface area (Å²) < 4.78 is 5.69. The van der Waals surface area contributed by atoms with E-state index in [4.69, 9.17) is 4.74 Å². The molecule has 1 saturated heterocycles. The van der Waals surface area contributed by atoms with E-state index in [1.807, 2.05) is 11.7 Å². The number of nitrogens with zero attached hydrogens (tertiary/aromatic N) is 2. The van der Waals surface area contributed by atoms with E-state index < -0.39 is 0 Å². The Kier molecular flexibility index (Phi) is 3.09. The maximum atomic E-state index is 5.69. The van der Waals surface area contributed by atoms with E-state index in [1.165, 1.54) is 4.88 Å². The predicted molar refractivity (Wildman–Crippen MR) is 62.0 cm³/mol. The van der Waals surface area contributed by atoms with Gasteiger partial charge in [-0.05, 0) is 20.8 Å². The van der Waals surface area contributed by atoms with Crippen molar-refractivity contribution in [1.82, 2.24) is 9.88 Å². The number of morpholine rings is 1. The smallest absolute Gasteiger partial charge is 0.0794 e. The van der Waals surface area contributed by atoms with Crippen molar-refractivity contribution < 1.29 is 4.74 Å². The van der Waals surface area contributed by atoms with E-state index >= 15 is 0 Å². The van der Waals surface area contributed by atoms with Gasteiger partial charge in [0.25, 0.3) is 0 Å². The number of rotatable bonds is 2. The van der Waals surface area contributed by atoms with Gasteiger partial charge >= 0.3 is 0 Å². The van der Waals surface area contributed by atoms with Gasteiger partial charge in [-0.3, -0.25) is 9.88 Å². The van der Waals surface area contributed by atoms with Crippen LogP contribution in [0.3, 0.4) is 0 Å². The van der Waals surface area contributed by atoms with Crippen LogP contribution in [0.15, 0.2) is 11.7 Å². The van der Waals surface area contributed by atoms with Crippen LogP contribution < -0.4 is 0 Å². The maximum absolute atomic E-state index is 5.69. The molecule has 0 saturated carbocycles. The SMILES string of the molecule is C[C@H]1CN(Cc2cncs2)C(C)(C)CO1. The first-order valence-corrected chi connectivity index (χ1v) is 6.20. The number of aromatic nitrogens is 1. The Morgan fingerprint density at radius 3 is 3.13 bits per heavy atom. The Morgan fingerprint density at radius 2 is 2.47 bits per heavy atom. The molecule has 1 fully saturated rings. The maximum Gasteiger partial charge on any atom is 0.0794 e. The molecule has 1 atom stereocenters. The van der Waals surface area contributed by atoms with Gasteiger partial charge in [0.05, 0.1) is 18.2 Å². The van der Waals surface area contributed by atoms with Crippen LogP contribution in [-0.2, 0) is 11.3 Å². The van der Waals surface area contributed by atoms with Crippen molar-refractivity contribution in [3.05, 3.63) is 16.6 Å². The zero-order valence-corrected chi connectivity index (χ0v) is 10.4. The van der Waals surface area contributed by atoms with Crippen LogP contribution in [0.2, 0.25) is 0 Å². The summed E-state index contributed by atoms with van der Waals surface area (Å²) in [4.78, 5) is 7.93. The standard InChI is InChI=1S/C11H18N2OS/c1-9-5-13(11(2,3)7-14-9)6-10-4-12-8-15-10/h4,8-9H,5-7H2,1-3H3/t9-/m0/s1. The summed E-state index contributed by atoms with van der Waals surface area (Å²) in [7, 11) is 0. The third-order valence-electron chi connectivity index (χ3n) is 2.88. The molecular weight excluding hydrogens is 208 g/mol. The fourth-order valence-corrected chi connectivity index (χ4v) is 2.44. The first kappa shape index (κ1) is 11.0. The second-order valence-corrected chi connectivity index (χ2v) is 5.75. The van der Waals surface area contributed by atoms with Crippen molar-refractivity contribution in [2.24, 2.45) is 0 Å². The highest BCUT2D eigenvalue weighted by molar-refractivity contribution is 7.09.